The molecule has 300 valence electrons. The molecule has 0 unspecified atom stereocenters. The van der Waals surface area contributed by atoms with Gasteiger partial charge in [0.15, 0.2) is 8.07 Å². The Balaban J connectivity index is 1.06. The maximum absolute atomic E-state index is 2.93. The molecule has 0 aliphatic rings. The fourth-order valence-electron chi connectivity index (χ4n) is 10.9. The first-order valence-corrected chi connectivity index (χ1v) is 24.1. The van der Waals surface area contributed by atoms with Gasteiger partial charge >= 0.3 is 0 Å². The molecule has 0 aliphatic heterocycles. The van der Waals surface area contributed by atoms with Crippen LogP contribution in [0.2, 0.25) is 0 Å². The summed E-state index contributed by atoms with van der Waals surface area (Å²) in [5.74, 6) is 0. The number of aromatic nitrogens is 3. The van der Waals surface area contributed by atoms with Crippen LogP contribution in [0.3, 0.4) is 0 Å². The van der Waals surface area contributed by atoms with Gasteiger partial charge in [-0.1, -0.05) is 176 Å². The van der Waals surface area contributed by atoms with Gasteiger partial charge in [0, 0.05) is 49.4 Å². The topological polar surface area (TPSA) is 14.8 Å². The van der Waals surface area contributed by atoms with Crippen LogP contribution in [0.25, 0.3) is 82.5 Å². The summed E-state index contributed by atoms with van der Waals surface area (Å²) in [6.45, 7) is 0. The van der Waals surface area contributed by atoms with E-state index in [0.717, 1.165) is 17.1 Å². The van der Waals surface area contributed by atoms with E-state index in [0.29, 0.717) is 0 Å². The van der Waals surface area contributed by atoms with E-state index in [4.69, 9.17) is 0 Å². The number of para-hydroxylation sites is 5. The molecule has 0 N–H and O–H groups in total. The van der Waals surface area contributed by atoms with Crippen LogP contribution in [0.15, 0.2) is 249 Å². The zero-order valence-corrected chi connectivity index (χ0v) is 36.0. The second kappa shape index (κ2) is 14.5. The van der Waals surface area contributed by atoms with Gasteiger partial charge in [-0.2, -0.15) is 0 Å². The highest BCUT2D eigenvalue weighted by molar-refractivity contribution is 7.19. The Hall–Kier alpha value is -8.18. The van der Waals surface area contributed by atoms with Gasteiger partial charge in [-0.25, -0.2) is 0 Å². The molecule has 0 saturated carbocycles. The van der Waals surface area contributed by atoms with Crippen LogP contribution in [0.1, 0.15) is 0 Å². The van der Waals surface area contributed by atoms with E-state index in [1.54, 1.807) is 0 Å². The van der Waals surface area contributed by atoms with Crippen LogP contribution in [0.4, 0.5) is 0 Å². The summed E-state index contributed by atoms with van der Waals surface area (Å²) in [6, 6.07) is 92.4. The van der Waals surface area contributed by atoms with Gasteiger partial charge in [0.1, 0.15) is 0 Å². The Labute approximate surface area is 372 Å². The van der Waals surface area contributed by atoms with E-state index in [-0.39, 0.29) is 0 Å². The molecule has 13 aromatic rings. The van der Waals surface area contributed by atoms with Crippen molar-refractivity contribution in [2.75, 3.05) is 0 Å². The monoisotopic (exact) mass is 831 g/mol. The predicted octanol–water partition coefficient (Wildman–Crippen LogP) is 12.4. The third kappa shape index (κ3) is 5.33. The second-order valence-electron chi connectivity index (χ2n) is 16.9. The Kier molecular flexibility index (Phi) is 8.23. The van der Waals surface area contributed by atoms with Crippen molar-refractivity contribution in [3.63, 3.8) is 0 Å². The molecular weight excluding hydrogens is 791 g/mol. The molecule has 0 amide bonds. The number of benzene rings is 10. The molecule has 0 saturated heterocycles. The van der Waals surface area contributed by atoms with Crippen LogP contribution in [0, 0.1) is 0 Å². The molecule has 0 spiro atoms. The van der Waals surface area contributed by atoms with Crippen molar-refractivity contribution in [2.45, 2.75) is 0 Å². The van der Waals surface area contributed by atoms with E-state index in [1.807, 2.05) is 0 Å². The lowest BCUT2D eigenvalue weighted by Gasteiger charge is -2.35. The van der Waals surface area contributed by atoms with E-state index in [9.17, 15) is 0 Å². The lowest BCUT2D eigenvalue weighted by Crippen LogP contribution is -2.74. The summed E-state index contributed by atoms with van der Waals surface area (Å²) in [4.78, 5) is 0. The number of nitrogens with zero attached hydrogens (tertiary/aromatic N) is 3. The van der Waals surface area contributed by atoms with Crippen LogP contribution in [-0.2, 0) is 0 Å². The normalized spacial score (nSPS) is 12.1. The smallest absolute Gasteiger partial charge is 0.179 e. The molecule has 3 nitrogen and oxygen atoms in total. The van der Waals surface area contributed by atoms with Crippen LogP contribution in [0.5, 0.6) is 0 Å². The van der Waals surface area contributed by atoms with Crippen molar-refractivity contribution >= 4 is 94.2 Å². The maximum Gasteiger partial charge on any atom is 0.179 e. The Bertz CT molecular complexity index is 3790. The van der Waals surface area contributed by atoms with E-state index in [2.05, 4.69) is 262 Å². The van der Waals surface area contributed by atoms with E-state index in [1.165, 1.54) is 86.2 Å². The first-order valence-electron chi connectivity index (χ1n) is 22.1. The summed E-state index contributed by atoms with van der Waals surface area (Å²) in [5.41, 5.74) is 10.7. The lowest BCUT2D eigenvalue weighted by atomic mass is 10.1. The fourth-order valence-corrected chi connectivity index (χ4v) is 15.6. The number of hydrogen-bond acceptors (Lipinski definition) is 0. The molecule has 4 heteroatoms. The van der Waals surface area contributed by atoms with Crippen molar-refractivity contribution < 1.29 is 0 Å². The summed E-state index contributed by atoms with van der Waals surface area (Å²) in [7, 11) is -2.93. The van der Waals surface area contributed by atoms with Crippen molar-refractivity contribution in [1.29, 1.82) is 0 Å². The first kappa shape index (κ1) is 36.5. The van der Waals surface area contributed by atoms with Gasteiger partial charge in [-0.15, -0.1) is 0 Å². The molecule has 3 aromatic heterocycles. The molecule has 10 aromatic carbocycles. The van der Waals surface area contributed by atoms with Gasteiger partial charge in [-0.05, 0) is 93.5 Å². The van der Waals surface area contributed by atoms with Crippen molar-refractivity contribution in [3.8, 4) is 17.1 Å². The van der Waals surface area contributed by atoms with Crippen LogP contribution >= 0.6 is 0 Å². The molecule has 0 radical (unpaired) electrons. The van der Waals surface area contributed by atoms with E-state index < -0.39 is 8.07 Å². The minimum atomic E-state index is -2.93. The third-order valence-corrected chi connectivity index (χ3v) is 18.3. The summed E-state index contributed by atoms with van der Waals surface area (Å²) < 4.78 is 7.34. The lowest BCUT2D eigenvalue weighted by molar-refractivity contribution is 1.18. The quantitative estimate of drug-likeness (QED) is 0.112. The van der Waals surface area contributed by atoms with Gasteiger partial charge in [0.25, 0.3) is 0 Å². The maximum atomic E-state index is 2.50. The largest absolute Gasteiger partial charge is 0.309 e. The molecule has 3 heterocycles. The molecule has 64 heavy (non-hydrogen) atoms. The molecule has 13 rings (SSSR count). The predicted molar refractivity (Wildman–Crippen MR) is 273 cm³/mol. The van der Waals surface area contributed by atoms with Gasteiger partial charge in [0.05, 0.1) is 33.1 Å². The molecule has 0 aliphatic carbocycles. The highest BCUT2D eigenvalue weighted by atomic mass is 28.3. The second-order valence-corrected chi connectivity index (χ2v) is 20.7. The SMILES string of the molecule is c1ccc(-n2c3ccccc3c3cc4c(cc32)c2ccccc2n4-c2cccc([Si](c3ccccc3)(c3ccccc3)c3ccc(-n4c5ccccc5c5ccccc54)cc3)c2)cc1. The van der Waals surface area contributed by atoms with Gasteiger partial charge in [-0.3, -0.25) is 0 Å². The Morgan fingerprint density at radius 3 is 1.02 bits per heavy atom. The summed E-state index contributed by atoms with van der Waals surface area (Å²) in [6.07, 6.45) is 0. The average molecular weight is 832 g/mol. The zero-order valence-electron chi connectivity index (χ0n) is 35.0. The highest BCUT2D eigenvalue weighted by Gasteiger charge is 2.41. The number of hydrogen-bond donors (Lipinski definition) is 0. The standard InChI is InChI=1S/C60H41N3Si/c1-4-19-42(20-5-1)62-57-33-16-12-29-51(57)53-41-60-54(40-59(53)62)52-30-13-17-34-58(52)63(60)44-21-18-26-48(39-44)64(45-22-6-2-7-23-45,46-24-8-3-9-25-46)47-37-35-43(36-38-47)61-55-31-14-10-27-49(55)50-28-11-15-32-56(50)61/h1-41H. The summed E-state index contributed by atoms with van der Waals surface area (Å²) >= 11 is 0. The Morgan fingerprint density at radius 2 is 0.531 bits per heavy atom. The molecule has 0 bridgehead atoms. The molecule has 0 fully saturated rings. The van der Waals surface area contributed by atoms with E-state index >= 15 is 0 Å². The molecular formula is C60H41N3Si. The number of rotatable bonds is 7. The van der Waals surface area contributed by atoms with Gasteiger partial charge in [0.2, 0.25) is 0 Å². The summed E-state index contributed by atoms with van der Waals surface area (Å²) in [5, 5.41) is 12.9. The van der Waals surface area contributed by atoms with Crippen LogP contribution < -0.4 is 20.7 Å². The highest BCUT2D eigenvalue weighted by Crippen LogP contribution is 2.40. The van der Waals surface area contributed by atoms with Crippen LogP contribution in [-0.4, -0.2) is 21.8 Å². The zero-order chi connectivity index (χ0) is 42.2. The minimum absolute atomic E-state index is 1.15. The van der Waals surface area contributed by atoms with Crippen molar-refractivity contribution in [1.82, 2.24) is 13.7 Å². The first-order chi connectivity index (χ1) is 31.8. The van der Waals surface area contributed by atoms with Gasteiger partial charge < -0.3 is 13.7 Å². The fraction of sp³-hybridized carbons (Fsp3) is 0. The van der Waals surface area contributed by atoms with Crippen molar-refractivity contribution in [2.24, 2.45) is 0 Å². The molecule has 0 atom stereocenters. The van der Waals surface area contributed by atoms with Crippen molar-refractivity contribution in [3.05, 3.63) is 249 Å². The number of fused-ring (bicyclic) bond motifs is 9. The third-order valence-electron chi connectivity index (χ3n) is 13.6. The minimum Gasteiger partial charge on any atom is -0.309 e. The Morgan fingerprint density at radius 1 is 0.203 bits per heavy atom. The average Bonchev–Trinajstić information content (AvgIpc) is 4.00.